The van der Waals surface area contributed by atoms with Gasteiger partial charge in [-0.2, -0.15) is 0 Å². The summed E-state index contributed by atoms with van der Waals surface area (Å²) in [5, 5.41) is 14.8. The van der Waals surface area contributed by atoms with Crippen molar-refractivity contribution in [3.05, 3.63) is 43.2 Å². The number of nitrogens with zero attached hydrogens (tertiary/aromatic N) is 1. The van der Waals surface area contributed by atoms with Crippen LogP contribution in [0.1, 0.15) is 0 Å². The summed E-state index contributed by atoms with van der Waals surface area (Å²) >= 11 is 2.22. The zero-order chi connectivity index (χ0) is 11.8. The standard InChI is InChI=1S/C7H8IN3.NO3/c8-5-2-1-3-6(4-5)11-7(9)10;2-1(3)4/h1-4H,(H4,9,10,11);/q;-1/p+1. The number of rotatable bonds is 1. The highest BCUT2D eigenvalue weighted by Gasteiger charge is 1.92. The van der Waals surface area contributed by atoms with Crippen LogP contribution in [0.2, 0.25) is 0 Å². The third-order valence-corrected chi connectivity index (χ3v) is 1.78. The summed E-state index contributed by atoms with van der Waals surface area (Å²) < 4.78 is 1.15. The van der Waals surface area contributed by atoms with Crippen molar-refractivity contribution < 1.29 is 10.1 Å². The van der Waals surface area contributed by atoms with Gasteiger partial charge in [0.2, 0.25) is 0 Å². The van der Waals surface area contributed by atoms with Gasteiger partial charge in [0.15, 0.2) is 0 Å². The van der Waals surface area contributed by atoms with E-state index >= 15 is 0 Å². The van der Waals surface area contributed by atoms with Crippen LogP contribution in [-0.2, 0) is 0 Å². The number of guanidine groups is 1. The van der Waals surface area contributed by atoms with E-state index in [0.717, 1.165) is 9.26 Å². The van der Waals surface area contributed by atoms with Crippen LogP contribution in [-0.4, -0.2) is 11.0 Å². The van der Waals surface area contributed by atoms with Gasteiger partial charge in [0.1, 0.15) is 5.69 Å². The van der Waals surface area contributed by atoms with Crippen molar-refractivity contribution in [2.45, 2.75) is 0 Å². The molecule has 1 aromatic carbocycles. The minimum absolute atomic E-state index is 0.215. The molecule has 0 aliphatic carbocycles. The van der Waals surface area contributed by atoms with Crippen molar-refractivity contribution in [2.24, 2.45) is 11.5 Å². The molecule has 0 saturated heterocycles. The second-order valence-corrected chi connectivity index (χ2v) is 3.56. The van der Waals surface area contributed by atoms with Crippen LogP contribution in [0.3, 0.4) is 0 Å². The van der Waals surface area contributed by atoms with Gasteiger partial charge in [-0.1, -0.05) is 6.07 Å². The van der Waals surface area contributed by atoms with Gasteiger partial charge in [0, 0.05) is 3.57 Å². The van der Waals surface area contributed by atoms with Crippen LogP contribution in [0.5, 0.6) is 0 Å². The third-order valence-electron chi connectivity index (χ3n) is 1.11. The quantitative estimate of drug-likeness (QED) is 0.201. The first-order valence-corrected chi connectivity index (χ1v) is 4.71. The van der Waals surface area contributed by atoms with Crippen molar-refractivity contribution in [1.82, 2.24) is 0 Å². The lowest BCUT2D eigenvalue weighted by molar-refractivity contribution is -0.402. The molecule has 1 rings (SSSR count). The fourth-order valence-electron chi connectivity index (χ4n) is 0.733. The first-order valence-electron chi connectivity index (χ1n) is 3.64. The molecule has 0 spiro atoms. The molecule has 0 bridgehead atoms. The van der Waals surface area contributed by atoms with Crippen molar-refractivity contribution in [2.75, 3.05) is 0 Å². The molecule has 0 saturated carbocycles. The number of benzene rings is 1. The minimum Gasteiger partial charge on any atom is -0.356 e. The Morgan fingerprint density at radius 3 is 2.33 bits per heavy atom. The Bertz CT molecular complexity index is 361. The van der Waals surface area contributed by atoms with Gasteiger partial charge >= 0.3 is 5.96 Å². The van der Waals surface area contributed by atoms with Crippen molar-refractivity contribution in [3.8, 4) is 0 Å². The largest absolute Gasteiger partial charge is 0.356 e. The zero-order valence-electron chi connectivity index (χ0n) is 7.51. The zero-order valence-corrected chi connectivity index (χ0v) is 9.67. The van der Waals surface area contributed by atoms with Crippen LogP contribution in [0.15, 0.2) is 24.3 Å². The van der Waals surface area contributed by atoms with E-state index in [1.165, 1.54) is 0 Å². The van der Waals surface area contributed by atoms with E-state index in [2.05, 4.69) is 27.6 Å². The molecule has 0 unspecified atom stereocenters. The number of nitrogens with one attached hydrogen (secondary N) is 1. The molecule has 0 heterocycles. The van der Waals surface area contributed by atoms with Crippen molar-refractivity contribution in [1.29, 1.82) is 0 Å². The van der Waals surface area contributed by atoms with E-state index < -0.39 is 5.09 Å². The van der Waals surface area contributed by atoms with Gasteiger partial charge in [-0.25, -0.2) is 4.99 Å². The molecule has 5 N–H and O–H groups in total. The minimum atomic E-state index is -1.75. The van der Waals surface area contributed by atoms with Gasteiger partial charge in [-0.15, -0.1) is 0 Å². The summed E-state index contributed by atoms with van der Waals surface area (Å²) in [7, 11) is 0. The molecular formula is C7H9IN4O3. The Labute approximate surface area is 99.0 Å². The lowest BCUT2D eigenvalue weighted by Crippen LogP contribution is -2.72. The molecule has 0 fully saturated rings. The Morgan fingerprint density at radius 2 is 1.93 bits per heavy atom. The second kappa shape index (κ2) is 6.81. The lowest BCUT2D eigenvalue weighted by atomic mass is 10.3. The summed E-state index contributed by atoms with van der Waals surface area (Å²) in [5.74, 6) is 0.215. The van der Waals surface area contributed by atoms with E-state index in [9.17, 15) is 0 Å². The topological polar surface area (TPSA) is 132 Å². The van der Waals surface area contributed by atoms with Gasteiger partial charge in [-0.05, 0) is 40.8 Å². The van der Waals surface area contributed by atoms with E-state index in [1.54, 1.807) is 0 Å². The maximum atomic E-state index is 8.25. The van der Waals surface area contributed by atoms with Crippen LogP contribution >= 0.6 is 22.6 Å². The number of nitrogens with two attached hydrogens (primary N) is 2. The Morgan fingerprint density at radius 1 is 1.40 bits per heavy atom. The first kappa shape index (κ1) is 13.4. The number of halogens is 1. The van der Waals surface area contributed by atoms with Crippen molar-refractivity contribution >= 4 is 34.2 Å². The van der Waals surface area contributed by atoms with E-state index in [1.807, 2.05) is 24.3 Å². The summed E-state index contributed by atoms with van der Waals surface area (Å²) in [6.45, 7) is 0. The average molecular weight is 324 g/mol. The molecule has 15 heavy (non-hydrogen) atoms. The van der Waals surface area contributed by atoms with Crippen LogP contribution in [0.25, 0.3) is 0 Å². The predicted molar refractivity (Wildman–Crippen MR) is 63.5 cm³/mol. The third kappa shape index (κ3) is 8.74. The van der Waals surface area contributed by atoms with Gasteiger partial charge in [0.25, 0.3) is 0 Å². The normalized spacial score (nSPS) is 8.33. The lowest BCUT2D eigenvalue weighted by Gasteiger charge is -1.91. The Kier molecular flexibility index (Phi) is 6.09. The molecule has 0 amide bonds. The highest BCUT2D eigenvalue weighted by atomic mass is 127. The molecule has 7 nitrogen and oxygen atoms in total. The van der Waals surface area contributed by atoms with E-state index in [4.69, 9.17) is 26.8 Å². The first-order chi connectivity index (χ1) is 6.91. The maximum absolute atomic E-state index is 8.25. The summed E-state index contributed by atoms with van der Waals surface area (Å²) in [5.41, 5.74) is 11.4. The molecule has 0 aromatic heterocycles. The Balaban J connectivity index is 0.000000423. The van der Waals surface area contributed by atoms with Gasteiger partial charge < -0.3 is 15.3 Å². The second-order valence-electron chi connectivity index (χ2n) is 2.31. The fourth-order valence-corrected chi connectivity index (χ4v) is 1.28. The van der Waals surface area contributed by atoms with Crippen LogP contribution in [0, 0.1) is 18.9 Å². The molecule has 0 aliphatic heterocycles. The molecule has 0 radical (unpaired) electrons. The maximum Gasteiger partial charge on any atom is 0.343 e. The Hall–Kier alpha value is -1.58. The molecule has 8 heteroatoms. The van der Waals surface area contributed by atoms with E-state index in [-0.39, 0.29) is 5.96 Å². The fraction of sp³-hybridized carbons (Fsp3) is 0. The predicted octanol–water partition coefficient (Wildman–Crippen LogP) is -0.962. The highest BCUT2D eigenvalue weighted by molar-refractivity contribution is 14.1. The summed E-state index contributed by atoms with van der Waals surface area (Å²) in [4.78, 5) is 11.1. The molecule has 0 aliphatic rings. The smallest absolute Gasteiger partial charge is 0.343 e. The highest BCUT2D eigenvalue weighted by Crippen LogP contribution is 2.06. The van der Waals surface area contributed by atoms with E-state index in [0.29, 0.717) is 0 Å². The molecule has 1 aromatic rings. The van der Waals surface area contributed by atoms with Gasteiger partial charge in [0.05, 0.1) is 5.09 Å². The molecule has 0 atom stereocenters. The van der Waals surface area contributed by atoms with Crippen molar-refractivity contribution in [3.63, 3.8) is 0 Å². The summed E-state index contributed by atoms with van der Waals surface area (Å²) in [6, 6.07) is 7.80. The average Bonchev–Trinajstić information content (AvgIpc) is 2.00. The van der Waals surface area contributed by atoms with Gasteiger partial charge in [-0.3, -0.25) is 11.5 Å². The van der Waals surface area contributed by atoms with Crippen LogP contribution in [0.4, 0.5) is 5.69 Å². The van der Waals surface area contributed by atoms with Crippen LogP contribution < -0.4 is 16.5 Å². The monoisotopic (exact) mass is 324 g/mol. The molecular weight excluding hydrogens is 315 g/mol. The number of hydrogen-bond donors (Lipinski definition) is 3. The summed E-state index contributed by atoms with van der Waals surface area (Å²) in [6.07, 6.45) is 0. The molecule has 82 valence electrons. The SMILES string of the molecule is NC(N)=[NH+]c1cccc(I)c1.O=[N+]([O-])[O-]. The number of hydrogen-bond acceptors (Lipinski definition) is 3.